The Labute approximate surface area is 163 Å². The molecule has 0 spiro atoms. The Morgan fingerprint density at radius 2 is 1.67 bits per heavy atom. The van der Waals surface area contributed by atoms with Gasteiger partial charge in [0, 0.05) is 13.0 Å². The summed E-state index contributed by atoms with van der Waals surface area (Å²) in [4.78, 5) is 25.1. The standard InChI is InChI=1S/C21H23NO4S/c1-22(19(20(23)24)11-12-27-2)21(25)26-13-18-16-9-5-3-7-14(16)15-8-4-6-10-17(15)18/h3-10,18-19H,11-13H2,1-2H3,(H,23,24). The lowest BCUT2D eigenvalue weighted by atomic mass is 9.98. The number of carbonyl (C=O) groups is 2. The van der Waals surface area contributed by atoms with Crippen LogP contribution in [-0.2, 0) is 9.53 Å². The van der Waals surface area contributed by atoms with Gasteiger partial charge in [-0.3, -0.25) is 4.90 Å². The summed E-state index contributed by atoms with van der Waals surface area (Å²) in [7, 11) is 1.48. The number of fused-ring (bicyclic) bond motifs is 3. The molecule has 1 aliphatic carbocycles. The molecular formula is C21H23NO4S. The third-order valence-electron chi connectivity index (χ3n) is 4.97. The van der Waals surface area contributed by atoms with Gasteiger partial charge >= 0.3 is 12.1 Å². The van der Waals surface area contributed by atoms with Crippen LogP contribution in [0.25, 0.3) is 11.1 Å². The summed E-state index contributed by atoms with van der Waals surface area (Å²) >= 11 is 1.55. The number of rotatable bonds is 7. The molecule has 2 aromatic rings. The lowest BCUT2D eigenvalue weighted by Crippen LogP contribution is -2.43. The zero-order chi connectivity index (χ0) is 19.4. The monoisotopic (exact) mass is 385 g/mol. The van der Waals surface area contributed by atoms with Crippen LogP contribution in [0.4, 0.5) is 4.79 Å². The highest BCUT2D eigenvalue weighted by molar-refractivity contribution is 7.98. The molecule has 0 radical (unpaired) electrons. The highest BCUT2D eigenvalue weighted by Gasteiger charge is 2.31. The number of ether oxygens (including phenoxy) is 1. The van der Waals surface area contributed by atoms with Crippen molar-refractivity contribution in [3.05, 3.63) is 59.7 Å². The van der Waals surface area contributed by atoms with Gasteiger partial charge in [0.05, 0.1) is 0 Å². The van der Waals surface area contributed by atoms with Crippen LogP contribution in [0.2, 0.25) is 0 Å². The quantitative estimate of drug-likeness (QED) is 0.778. The molecule has 27 heavy (non-hydrogen) atoms. The van der Waals surface area contributed by atoms with E-state index in [0.717, 1.165) is 22.3 Å². The Balaban J connectivity index is 1.73. The smallest absolute Gasteiger partial charge is 0.410 e. The van der Waals surface area contributed by atoms with E-state index in [4.69, 9.17) is 4.74 Å². The average Bonchev–Trinajstić information content (AvgIpc) is 3.00. The second-order valence-corrected chi connectivity index (χ2v) is 7.54. The molecule has 6 heteroatoms. The highest BCUT2D eigenvalue weighted by Crippen LogP contribution is 2.44. The Bertz CT molecular complexity index is 793. The number of carboxylic acid groups (broad SMARTS) is 1. The van der Waals surface area contributed by atoms with Gasteiger partial charge in [0.15, 0.2) is 0 Å². The first-order valence-corrected chi connectivity index (χ1v) is 10.2. The molecule has 3 rings (SSSR count). The Kier molecular flexibility index (Phi) is 6.06. The minimum absolute atomic E-state index is 0.0378. The van der Waals surface area contributed by atoms with Gasteiger partial charge in [0.2, 0.25) is 0 Å². The molecule has 1 unspecified atom stereocenters. The topological polar surface area (TPSA) is 66.8 Å². The van der Waals surface area contributed by atoms with Crippen molar-refractivity contribution in [2.24, 2.45) is 0 Å². The number of carboxylic acids is 1. The van der Waals surface area contributed by atoms with Crippen molar-refractivity contribution in [2.75, 3.05) is 25.7 Å². The predicted octanol–water partition coefficient (Wildman–Crippen LogP) is 4.07. The molecule has 5 nitrogen and oxygen atoms in total. The molecule has 0 fully saturated rings. The molecule has 0 aliphatic heterocycles. The van der Waals surface area contributed by atoms with E-state index in [9.17, 15) is 14.7 Å². The minimum Gasteiger partial charge on any atom is -0.480 e. The maximum atomic E-state index is 12.5. The Hall–Kier alpha value is -2.47. The summed E-state index contributed by atoms with van der Waals surface area (Å²) in [5.41, 5.74) is 4.58. The zero-order valence-electron chi connectivity index (χ0n) is 15.4. The third-order valence-corrected chi connectivity index (χ3v) is 5.62. The number of thioether (sulfide) groups is 1. The van der Waals surface area contributed by atoms with E-state index < -0.39 is 18.1 Å². The lowest BCUT2D eigenvalue weighted by Gasteiger charge is -2.25. The highest BCUT2D eigenvalue weighted by atomic mass is 32.2. The van der Waals surface area contributed by atoms with Gasteiger partial charge in [-0.05, 0) is 40.7 Å². The second kappa shape index (κ2) is 8.48. The summed E-state index contributed by atoms with van der Waals surface area (Å²) in [5.74, 6) is -0.387. The lowest BCUT2D eigenvalue weighted by molar-refractivity contribution is -0.142. The fraction of sp³-hybridized carbons (Fsp3) is 0.333. The summed E-state index contributed by atoms with van der Waals surface area (Å²) in [6.45, 7) is 0.187. The molecule has 0 aromatic heterocycles. The fourth-order valence-electron chi connectivity index (χ4n) is 3.54. The van der Waals surface area contributed by atoms with Crippen molar-refractivity contribution < 1.29 is 19.4 Å². The number of carbonyl (C=O) groups excluding carboxylic acids is 1. The molecule has 1 aliphatic rings. The maximum Gasteiger partial charge on any atom is 0.410 e. The molecular weight excluding hydrogens is 362 g/mol. The molecule has 1 amide bonds. The van der Waals surface area contributed by atoms with Crippen LogP contribution in [0.1, 0.15) is 23.5 Å². The van der Waals surface area contributed by atoms with Crippen molar-refractivity contribution >= 4 is 23.8 Å². The van der Waals surface area contributed by atoms with E-state index in [1.165, 1.54) is 11.9 Å². The van der Waals surface area contributed by atoms with Gasteiger partial charge in [0.25, 0.3) is 0 Å². The first-order valence-electron chi connectivity index (χ1n) is 8.84. The van der Waals surface area contributed by atoms with E-state index in [1.807, 2.05) is 30.5 Å². The molecule has 0 saturated heterocycles. The number of aliphatic carboxylic acids is 1. The van der Waals surface area contributed by atoms with E-state index in [-0.39, 0.29) is 12.5 Å². The molecule has 0 heterocycles. The molecule has 0 saturated carbocycles. The number of benzene rings is 2. The SMILES string of the molecule is CSCCC(C(=O)O)N(C)C(=O)OCC1c2ccccc2-c2ccccc21. The average molecular weight is 385 g/mol. The van der Waals surface area contributed by atoms with Crippen molar-refractivity contribution in [1.29, 1.82) is 0 Å². The summed E-state index contributed by atoms with van der Waals surface area (Å²) in [5, 5.41) is 9.40. The molecule has 0 bridgehead atoms. The van der Waals surface area contributed by atoms with Crippen molar-refractivity contribution in [3.8, 4) is 11.1 Å². The van der Waals surface area contributed by atoms with Crippen molar-refractivity contribution in [2.45, 2.75) is 18.4 Å². The van der Waals surface area contributed by atoms with E-state index in [2.05, 4.69) is 24.3 Å². The van der Waals surface area contributed by atoms with Crippen LogP contribution in [0.15, 0.2) is 48.5 Å². The molecule has 1 atom stereocenters. The summed E-state index contributed by atoms with van der Waals surface area (Å²) < 4.78 is 5.53. The predicted molar refractivity (Wildman–Crippen MR) is 107 cm³/mol. The van der Waals surface area contributed by atoms with Crippen LogP contribution in [0.3, 0.4) is 0 Å². The van der Waals surface area contributed by atoms with Gasteiger partial charge in [-0.15, -0.1) is 0 Å². The maximum absolute atomic E-state index is 12.5. The first-order chi connectivity index (χ1) is 13.0. The van der Waals surface area contributed by atoms with Crippen LogP contribution in [0.5, 0.6) is 0 Å². The van der Waals surface area contributed by atoms with Crippen LogP contribution in [-0.4, -0.2) is 53.8 Å². The number of hydrogen-bond acceptors (Lipinski definition) is 4. The van der Waals surface area contributed by atoms with Gasteiger partial charge in [-0.2, -0.15) is 11.8 Å². The van der Waals surface area contributed by atoms with Crippen LogP contribution >= 0.6 is 11.8 Å². The van der Waals surface area contributed by atoms with E-state index in [0.29, 0.717) is 12.2 Å². The van der Waals surface area contributed by atoms with Crippen molar-refractivity contribution in [1.82, 2.24) is 4.90 Å². The molecule has 142 valence electrons. The normalized spacial score (nSPS) is 13.6. The van der Waals surface area contributed by atoms with E-state index in [1.54, 1.807) is 11.8 Å². The third kappa shape index (κ3) is 3.95. The van der Waals surface area contributed by atoms with Gasteiger partial charge in [0.1, 0.15) is 12.6 Å². The second-order valence-electron chi connectivity index (χ2n) is 6.55. The van der Waals surface area contributed by atoms with Gasteiger partial charge in [-0.1, -0.05) is 48.5 Å². The molecule has 1 N–H and O–H groups in total. The first kappa shape index (κ1) is 19.3. The van der Waals surface area contributed by atoms with Crippen LogP contribution < -0.4 is 0 Å². The fourth-order valence-corrected chi connectivity index (χ4v) is 3.99. The minimum atomic E-state index is -1.01. The van der Waals surface area contributed by atoms with Gasteiger partial charge < -0.3 is 9.84 Å². The van der Waals surface area contributed by atoms with Crippen LogP contribution in [0, 0.1) is 0 Å². The number of nitrogens with zero attached hydrogens (tertiary/aromatic N) is 1. The Morgan fingerprint density at radius 3 is 2.19 bits per heavy atom. The van der Waals surface area contributed by atoms with Gasteiger partial charge in [-0.25, -0.2) is 9.59 Å². The Morgan fingerprint density at radius 1 is 1.11 bits per heavy atom. The number of amides is 1. The number of hydrogen-bond donors (Lipinski definition) is 1. The summed E-state index contributed by atoms with van der Waals surface area (Å²) in [6, 6.07) is 15.3. The van der Waals surface area contributed by atoms with E-state index >= 15 is 0 Å². The molecule has 2 aromatic carbocycles. The largest absolute Gasteiger partial charge is 0.480 e. The van der Waals surface area contributed by atoms with Crippen molar-refractivity contribution in [3.63, 3.8) is 0 Å². The summed E-state index contributed by atoms with van der Waals surface area (Å²) in [6.07, 6.45) is 1.69. The number of likely N-dealkylation sites (N-methyl/N-ethyl adjacent to an activating group) is 1. The zero-order valence-corrected chi connectivity index (χ0v) is 16.2.